The van der Waals surface area contributed by atoms with Gasteiger partial charge in [0.1, 0.15) is 0 Å². The molecule has 3 N–H and O–H groups in total. The zero-order valence-electron chi connectivity index (χ0n) is 11.4. The lowest BCUT2D eigenvalue weighted by Gasteiger charge is -2.11. The van der Waals surface area contributed by atoms with Crippen molar-refractivity contribution in [1.82, 2.24) is 0 Å². The predicted molar refractivity (Wildman–Crippen MR) is 84.8 cm³/mol. The number of hydrogen-bond acceptors (Lipinski definition) is 4. The first-order valence-corrected chi connectivity index (χ1v) is 9.42. The van der Waals surface area contributed by atoms with E-state index in [2.05, 4.69) is 4.72 Å². The number of hydrogen-bond donors (Lipinski definition) is 2. The molecule has 2 rings (SSSR count). The van der Waals surface area contributed by atoms with Gasteiger partial charge in [0.2, 0.25) is 10.0 Å². The molecule has 2 aromatic carbocycles. The monoisotopic (exact) mass is 360 g/mol. The largest absolute Gasteiger partial charge is 0.279 e. The summed E-state index contributed by atoms with van der Waals surface area (Å²) in [4.78, 5) is -0.246. The highest BCUT2D eigenvalue weighted by Gasteiger charge is 2.17. The molecule has 2 aromatic rings. The van der Waals surface area contributed by atoms with Crippen molar-refractivity contribution in [3.63, 3.8) is 0 Å². The van der Waals surface area contributed by atoms with Gasteiger partial charge in [-0.15, -0.1) is 0 Å². The van der Waals surface area contributed by atoms with Gasteiger partial charge in [-0.1, -0.05) is 17.7 Å². The van der Waals surface area contributed by atoms with E-state index in [0.717, 1.165) is 12.1 Å². The minimum absolute atomic E-state index is 0.0840. The van der Waals surface area contributed by atoms with Gasteiger partial charge in [0, 0.05) is 5.02 Å². The number of primary sulfonamides is 1. The van der Waals surface area contributed by atoms with Gasteiger partial charge in [-0.05, 0) is 48.9 Å². The summed E-state index contributed by atoms with van der Waals surface area (Å²) in [5, 5.41) is 5.36. The van der Waals surface area contributed by atoms with Gasteiger partial charge in [0.15, 0.2) is 0 Å². The van der Waals surface area contributed by atoms with Crippen molar-refractivity contribution < 1.29 is 16.8 Å². The molecule has 0 amide bonds. The average molecular weight is 361 g/mol. The Morgan fingerprint density at radius 2 is 1.50 bits per heavy atom. The molecule has 6 nitrogen and oxygen atoms in total. The minimum Gasteiger partial charge on any atom is -0.279 e. The maximum Gasteiger partial charge on any atom is 0.261 e. The second-order valence-electron chi connectivity index (χ2n) is 4.58. The Hall–Kier alpha value is -1.61. The maximum absolute atomic E-state index is 12.3. The molecule has 22 heavy (non-hydrogen) atoms. The normalized spacial score (nSPS) is 12.1. The number of sulfonamides is 2. The van der Waals surface area contributed by atoms with Crippen LogP contribution in [0.15, 0.2) is 52.3 Å². The fraction of sp³-hybridized carbons (Fsp3) is 0.0769. The summed E-state index contributed by atoms with van der Waals surface area (Å²) in [5.74, 6) is 0. The highest BCUT2D eigenvalue weighted by atomic mass is 35.5. The molecule has 0 fully saturated rings. The number of aryl methyl sites for hydroxylation is 1. The van der Waals surface area contributed by atoms with Crippen molar-refractivity contribution in [2.24, 2.45) is 5.14 Å². The third-order valence-corrected chi connectivity index (χ3v) is 5.45. The number of rotatable bonds is 4. The predicted octanol–water partition coefficient (Wildman–Crippen LogP) is 2.10. The first-order valence-electron chi connectivity index (χ1n) is 6.01. The second kappa shape index (κ2) is 5.88. The van der Waals surface area contributed by atoms with E-state index in [-0.39, 0.29) is 9.79 Å². The molecule has 0 aromatic heterocycles. The van der Waals surface area contributed by atoms with Crippen molar-refractivity contribution in [2.45, 2.75) is 16.7 Å². The summed E-state index contributed by atoms with van der Waals surface area (Å²) in [6, 6.07) is 9.43. The Kier molecular flexibility index (Phi) is 4.48. The molecule has 0 saturated carbocycles. The summed E-state index contributed by atoms with van der Waals surface area (Å²) in [7, 11) is -7.73. The summed E-state index contributed by atoms with van der Waals surface area (Å²) >= 11 is 5.85. The summed E-state index contributed by atoms with van der Waals surface area (Å²) in [6.07, 6.45) is 0. The number of benzene rings is 2. The van der Waals surface area contributed by atoms with Crippen molar-refractivity contribution in [2.75, 3.05) is 4.72 Å². The molecule has 0 atom stereocenters. The van der Waals surface area contributed by atoms with E-state index in [4.69, 9.17) is 16.7 Å². The van der Waals surface area contributed by atoms with Crippen LogP contribution in [0.5, 0.6) is 0 Å². The van der Waals surface area contributed by atoms with E-state index >= 15 is 0 Å². The molecule has 0 aliphatic rings. The van der Waals surface area contributed by atoms with Crippen LogP contribution in [0.25, 0.3) is 0 Å². The van der Waals surface area contributed by atoms with Gasteiger partial charge >= 0.3 is 0 Å². The van der Waals surface area contributed by atoms with Crippen LogP contribution in [0.2, 0.25) is 5.02 Å². The third kappa shape index (κ3) is 3.77. The molecule has 0 bridgehead atoms. The third-order valence-electron chi connectivity index (χ3n) is 2.91. The zero-order valence-corrected chi connectivity index (χ0v) is 13.8. The topological polar surface area (TPSA) is 106 Å². The van der Waals surface area contributed by atoms with Gasteiger partial charge in [0.25, 0.3) is 10.0 Å². The van der Waals surface area contributed by atoms with Crippen LogP contribution in [-0.2, 0) is 20.0 Å². The van der Waals surface area contributed by atoms with Crippen LogP contribution in [0, 0.1) is 6.92 Å². The van der Waals surface area contributed by atoms with Gasteiger partial charge in [-0.25, -0.2) is 22.0 Å². The van der Waals surface area contributed by atoms with Crippen molar-refractivity contribution in [1.29, 1.82) is 0 Å². The number of anilines is 1. The Morgan fingerprint density at radius 1 is 0.955 bits per heavy atom. The zero-order chi connectivity index (χ0) is 16.5. The summed E-state index contributed by atoms with van der Waals surface area (Å²) in [5.41, 5.74) is 1.05. The molecule has 0 spiro atoms. The highest BCUT2D eigenvalue weighted by Crippen LogP contribution is 2.23. The Bertz CT molecular complexity index is 908. The van der Waals surface area contributed by atoms with E-state index in [1.807, 2.05) is 0 Å². The lowest BCUT2D eigenvalue weighted by Crippen LogP contribution is -2.15. The van der Waals surface area contributed by atoms with Gasteiger partial charge < -0.3 is 0 Å². The fourth-order valence-corrected chi connectivity index (χ4v) is 3.53. The van der Waals surface area contributed by atoms with Crippen molar-refractivity contribution >= 4 is 37.3 Å². The minimum atomic E-state index is -3.87. The lowest BCUT2D eigenvalue weighted by atomic mass is 10.2. The van der Waals surface area contributed by atoms with E-state index < -0.39 is 20.0 Å². The smallest absolute Gasteiger partial charge is 0.261 e. The van der Waals surface area contributed by atoms with Crippen molar-refractivity contribution in [3.8, 4) is 0 Å². The standard InChI is InChI=1S/C13H13ClN2O4S2/c1-9-2-3-10(14)8-13(9)16-22(19,20)12-6-4-11(5-7-12)21(15,17)18/h2-8,16H,1H3,(H2,15,17,18). The van der Waals surface area contributed by atoms with Crippen molar-refractivity contribution in [3.05, 3.63) is 53.1 Å². The van der Waals surface area contributed by atoms with Gasteiger partial charge in [-0.2, -0.15) is 0 Å². The van der Waals surface area contributed by atoms with E-state index in [9.17, 15) is 16.8 Å². The first kappa shape index (κ1) is 16.8. The number of nitrogens with one attached hydrogen (secondary N) is 1. The lowest BCUT2D eigenvalue weighted by molar-refractivity contribution is 0.595. The summed E-state index contributed by atoms with van der Waals surface area (Å²) < 4.78 is 49.3. The van der Waals surface area contributed by atoms with Crippen LogP contribution < -0.4 is 9.86 Å². The number of nitrogens with two attached hydrogens (primary N) is 1. The molecular weight excluding hydrogens is 348 g/mol. The van der Waals surface area contributed by atoms with E-state index in [1.165, 1.54) is 18.2 Å². The van der Waals surface area contributed by atoms with Crippen LogP contribution in [0.1, 0.15) is 5.56 Å². The highest BCUT2D eigenvalue weighted by molar-refractivity contribution is 7.92. The molecular formula is C13H13ClN2O4S2. The quantitative estimate of drug-likeness (QED) is 0.870. The Labute approximate surface area is 134 Å². The van der Waals surface area contributed by atoms with E-state index in [0.29, 0.717) is 16.3 Å². The molecule has 0 aliphatic carbocycles. The molecule has 9 heteroatoms. The molecule has 0 aliphatic heterocycles. The Morgan fingerprint density at radius 3 is 2.05 bits per heavy atom. The molecule has 0 saturated heterocycles. The summed E-state index contributed by atoms with van der Waals surface area (Å²) in [6.45, 7) is 1.73. The van der Waals surface area contributed by atoms with Crippen LogP contribution in [-0.4, -0.2) is 16.8 Å². The molecule has 0 radical (unpaired) electrons. The van der Waals surface area contributed by atoms with Crippen LogP contribution in [0.3, 0.4) is 0 Å². The SMILES string of the molecule is Cc1ccc(Cl)cc1NS(=O)(=O)c1ccc(S(N)(=O)=O)cc1. The first-order chi connectivity index (χ1) is 10.1. The molecule has 118 valence electrons. The fourth-order valence-electron chi connectivity index (χ4n) is 1.72. The Balaban J connectivity index is 2.37. The maximum atomic E-state index is 12.3. The second-order valence-corrected chi connectivity index (χ2v) is 8.26. The van der Waals surface area contributed by atoms with Gasteiger partial charge in [0.05, 0.1) is 15.5 Å². The van der Waals surface area contributed by atoms with Crippen LogP contribution in [0.4, 0.5) is 5.69 Å². The molecule has 0 unspecified atom stereocenters. The van der Waals surface area contributed by atoms with Gasteiger partial charge in [-0.3, -0.25) is 4.72 Å². The number of halogens is 1. The van der Waals surface area contributed by atoms with Crippen LogP contribution >= 0.6 is 11.6 Å². The average Bonchev–Trinajstić information content (AvgIpc) is 2.42. The molecule has 0 heterocycles. The van der Waals surface area contributed by atoms with E-state index in [1.54, 1.807) is 19.1 Å².